The van der Waals surface area contributed by atoms with Crippen LogP contribution in [-0.2, 0) is 0 Å². The number of methoxy groups -OCH3 is 1. The van der Waals surface area contributed by atoms with E-state index in [1.807, 2.05) is 47.9 Å². The standard InChI is InChI=1S/C21H15FN2O/c1-13-9-15(11-23)21-18-8-5-16(22)10-19(18)20(12-24(13)21)14-3-6-17(25-2)7-4-14/h3-10,12H,1-2H3. The van der Waals surface area contributed by atoms with E-state index in [2.05, 4.69) is 6.07 Å². The zero-order valence-corrected chi connectivity index (χ0v) is 13.9. The maximum Gasteiger partial charge on any atom is 0.123 e. The molecule has 2 aromatic carbocycles. The minimum atomic E-state index is -0.298. The summed E-state index contributed by atoms with van der Waals surface area (Å²) in [5.74, 6) is 0.470. The molecular formula is C21H15FN2O. The number of nitriles is 1. The van der Waals surface area contributed by atoms with Crippen molar-refractivity contribution in [1.82, 2.24) is 4.40 Å². The molecule has 0 amide bonds. The lowest BCUT2D eigenvalue weighted by Crippen LogP contribution is -1.93. The number of hydrogen-bond donors (Lipinski definition) is 0. The molecule has 0 N–H and O–H groups in total. The lowest BCUT2D eigenvalue weighted by Gasteiger charge is -2.12. The fourth-order valence-corrected chi connectivity index (χ4v) is 3.32. The van der Waals surface area contributed by atoms with Gasteiger partial charge in [0.25, 0.3) is 0 Å². The first-order valence-electron chi connectivity index (χ1n) is 7.91. The molecule has 0 saturated carbocycles. The summed E-state index contributed by atoms with van der Waals surface area (Å²) in [4.78, 5) is 0. The Labute approximate surface area is 144 Å². The Bertz CT molecular complexity index is 1150. The first kappa shape index (κ1) is 15.2. The van der Waals surface area contributed by atoms with Crippen molar-refractivity contribution in [2.24, 2.45) is 0 Å². The van der Waals surface area contributed by atoms with E-state index >= 15 is 0 Å². The maximum atomic E-state index is 13.9. The van der Waals surface area contributed by atoms with Crippen LogP contribution < -0.4 is 4.74 Å². The minimum absolute atomic E-state index is 0.298. The second-order valence-corrected chi connectivity index (χ2v) is 5.99. The lowest BCUT2D eigenvalue weighted by atomic mass is 9.99. The molecule has 25 heavy (non-hydrogen) atoms. The van der Waals surface area contributed by atoms with Crippen molar-refractivity contribution in [2.75, 3.05) is 7.11 Å². The summed E-state index contributed by atoms with van der Waals surface area (Å²) in [6, 6.07) is 16.5. The van der Waals surface area contributed by atoms with Crippen LogP contribution in [0.4, 0.5) is 4.39 Å². The molecule has 0 fully saturated rings. The van der Waals surface area contributed by atoms with Crippen LogP contribution in [0.3, 0.4) is 0 Å². The zero-order valence-electron chi connectivity index (χ0n) is 13.9. The molecule has 2 heterocycles. The van der Waals surface area contributed by atoms with Crippen molar-refractivity contribution in [3.8, 4) is 22.9 Å². The van der Waals surface area contributed by atoms with Gasteiger partial charge in [0.2, 0.25) is 0 Å². The fourth-order valence-electron chi connectivity index (χ4n) is 3.32. The van der Waals surface area contributed by atoms with Gasteiger partial charge in [0.05, 0.1) is 18.2 Å². The molecule has 0 bridgehead atoms. The first-order chi connectivity index (χ1) is 12.1. The van der Waals surface area contributed by atoms with E-state index in [1.54, 1.807) is 13.2 Å². The van der Waals surface area contributed by atoms with Crippen LogP contribution in [0.5, 0.6) is 5.75 Å². The molecule has 0 aliphatic carbocycles. The van der Waals surface area contributed by atoms with Gasteiger partial charge in [-0.05, 0) is 54.3 Å². The van der Waals surface area contributed by atoms with Gasteiger partial charge in [0.1, 0.15) is 17.6 Å². The van der Waals surface area contributed by atoms with E-state index in [0.29, 0.717) is 5.56 Å². The van der Waals surface area contributed by atoms with Crippen LogP contribution in [0.25, 0.3) is 27.4 Å². The number of aryl methyl sites for hydroxylation is 1. The first-order valence-corrected chi connectivity index (χ1v) is 7.91. The number of hydrogen-bond acceptors (Lipinski definition) is 2. The SMILES string of the molecule is COc1ccc(-c2cn3c(C)cc(C#N)c3c3ccc(F)cc23)cc1. The highest BCUT2D eigenvalue weighted by atomic mass is 19.1. The van der Waals surface area contributed by atoms with Crippen molar-refractivity contribution >= 4 is 16.3 Å². The van der Waals surface area contributed by atoms with Gasteiger partial charge in [0.15, 0.2) is 0 Å². The topological polar surface area (TPSA) is 37.4 Å². The summed E-state index contributed by atoms with van der Waals surface area (Å²) in [6.07, 6.45) is 1.97. The Morgan fingerprint density at radius 3 is 2.48 bits per heavy atom. The van der Waals surface area contributed by atoms with Gasteiger partial charge in [-0.3, -0.25) is 0 Å². The largest absolute Gasteiger partial charge is 0.497 e. The molecule has 0 aliphatic heterocycles. The fraction of sp³-hybridized carbons (Fsp3) is 0.0952. The van der Waals surface area contributed by atoms with E-state index in [0.717, 1.165) is 38.9 Å². The zero-order chi connectivity index (χ0) is 17.6. The van der Waals surface area contributed by atoms with Crippen molar-refractivity contribution in [3.05, 3.63) is 71.8 Å². The second kappa shape index (κ2) is 5.64. The number of aromatic nitrogens is 1. The Balaban J connectivity index is 2.13. The van der Waals surface area contributed by atoms with Crippen LogP contribution in [0, 0.1) is 24.1 Å². The van der Waals surface area contributed by atoms with E-state index in [1.165, 1.54) is 12.1 Å². The molecule has 3 nitrogen and oxygen atoms in total. The molecule has 0 radical (unpaired) electrons. The molecule has 122 valence electrons. The van der Waals surface area contributed by atoms with Gasteiger partial charge in [0, 0.05) is 22.8 Å². The molecule has 2 aromatic heterocycles. The quantitative estimate of drug-likeness (QED) is 0.513. The highest BCUT2D eigenvalue weighted by Gasteiger charge is 2.15. The highest BCUT2D eigenvalue weighted by molar-refractivity contribution is 6.06. The lowest BCUT2D eigenvalue weighted by molar-refractivity contribution is 0.415. The normalized spacial score (nSPS) is 11.0. The smallest absolute Gasteiger partial charge is 0.123 e. The number of fused-ring (bicyclic) bond motifs is 3. The van der Waals surface area contributed by atoms with Crippen molar-refractivity contribution in [3.63, 3.8) is 0 Å². The third-order valence-electron chi connectivity index (χ3n) is 4.54. The van der Waals surface area contributed by atoms with E-state index in [-0.39, 0.29) is 5.82 Å². The Kier molecular flexibility index (Phi) is 3.43. The van der Waals surface area contributed by atoms with Crippen molar-refractivity contribution in [2.45, 2.75) is 6.92 Å². The van der Waals surface area contributed by atoms with Gasteiger partial charge >= 0.3 is 0 Å². The molecular weight excluding hydrogens is 315 g/mol. The van der Waals surface area contributed by atoms with Crippen LogP contribution in [0.15, 0.2) is 54.7 Å². The molecule has 4 rings (SSSR count). The van der Waals surface area contributed by atoms with Gasteiger partial charge in [-0.2, -0.15) is 5.26 Å². The predicted octanol–water partition coefficient (Wildman–Crippen LogP) is 5.09. The number of rotatable bonds is 2. The van der Waals surface area contributed by atoms with Crippen LogP contribution >= 0.6 is 0 Å². The van der Waals surface area contributed by atoms with Crippen LogP contribution in [0.1, 0.15) is 11.3 Å². The molecule has 0 unspecified atom stereocenters. The van der Waals surface area contributed by atoms with Crippen LogP contribution in [0.2, 0.25) is 0 Å². The Hall–Kier alpha value is -3.32. The summed E-state index contributed by atoms with van der Waals surface area (Å²) < 4.78 is 21.2. The summed E-state index contributed by atoms with van der Waals surface area (Å²) in [5, 5.41) is 11.1. The summed E-state index contributed by atoms with van der Waals surface area (Å²) in [6.45, 7) is 1.96. The molecule has 0 spiro atoms. The predicted molar refractivity (Wildman–Crippen MR) is 96.3 cm³/mol. The third-order valence-corrected chi connectivity index (χ3v) is 4.54. The molecule has 4 aromatic rings. The molecule has 0 aliphatic rings. The van der Waals surface area contributed by atoms with Gasteiger partial charge in [-0.25, -0.2) is 4.39 Å². The molecule has 0 saturated heterocycles. The Morgan fingerprint density at radius 1 is 1.04 bits per heavy atom. The monoisotopic (exact) mass is 330 g/mol. The number of nitrogens with zero attached hydrogens (tertiary/aromatic N) is 2. The number of ether oxygens (including phenoxy) is 1. The maximum absolute atomic E-state index is 13.9. The van der Waals surface area contributed by atoms with E-state index in [9.17, 15) is 9.65 Å². The van der Waals surface area contributed by atoms with Gasteiger partial charge < -0.3 is 9.14 Å². The van der Waals surface area contributed by atoms with E-state index < -0.39 is 0 Å². The highest BCUT2D eigenvalue weighted by Crippen LogP contribution is 2.35. The molecule has 4 heteroatoms. The number of pyridine rings is 1. The summed E-state index contributed by atoms with van der Waals surface area (Å²) in [5.41, 5.74) is 4.24. The summed E-state index contributed by atoms with van der Waals surface area (Å²) >= 11 is 0. The van der Waals surface area contributed by atoms with Crippen molar-refractivity contribution in [1.29, 1.82) is 5.26 Å². The summed E-state index contributed by atoms with van der Waals surface area (Å²) in [7, 11) is 1.62. The number of benzene rings is 2. The van der Waals surface area contributed by atoms with Crippen LogP contribution in [-0.4, -0.2) is 11.5 Å². The molecule has 0 atom stereocenters. The Morgan fingerprint density at radius 2 is 1.80 bits per heavy atom. The average molecular weight is 330 g/mol. The number of halogens is 1. The van der Waals surface area contributed by atoms with Crippen molar-refractivity contribution < 1.29 is 9.13 Å². The minimum Gasteiger partial charge on any atom is -0.497 e. The van der Waals surface area contributed by atoms with E-state index in [4.69, 9.17) is 4.74 Å². The third kappa shape index (κ3) is 2.33. The second-order valence-electron chi connectivity index (χ2n) is 5.99. The average Bonchev–Trinajstić information content (AvgIpc) is 2.97. The van der Waals surface area contributed by atoms with Gasteiger partial charge in [-0.15, -0.1) is 0 Å². The van der Waals surface area contributed by atoms with Gasteiger partial charge in [-0.1, -0.05) is 12.1 Å².